The van der Waals surface area contributed by atoms with Crippen LogP contribution in [0.2, 0.25) is 0 Å². The number of hydrogen-bond acceptors (Lipinski definition) is 6. The highest BCUT2D eigenvalue weighted by molar-refractivity contribution is 7.17. The third kappa shape index (κ3) is 2.13. The van der Waals surface area contributed by atoms with Gasteiger partial charge in [-0.25, -0.2) is 4.79 Å². The maximum atomic E-state index is 12.3. The van der Waals surface area contributed by atoms with E-state index in [9.17, 15) is 24.5 Å². The van der Waals surface area contributed by atoms with Crippen molar-refractivity contribution < 1.29 is 19.3 Å². The molecule has 2 saturated heterocycles. The fourth-order valence-electron chi connectivity index (χ4n) is 2.50. The topological polar surface area (TPSA) is 122 Å². The predicted octanol–water partition coefficient (Wildman–Crippen LogP) is 0.0804. The summed E-state index contributed by atoms with van der Waals surface area (Å²) in [7, 11) is 0. The first-order valence-electron chi connectivity index (χ1n) is 6.08. The molecule has 0 radical (unpaired) electrons. The molecule has 0 bridgehead atoms. The van der Waals surface area contributed by atoms with Gasteiger partial charge >= 0.3 is 11.0 Å². The molecule has 0 aromatic carbocycles. The van der Waals surface area contributed by atoms with Crippen molar-refractivity contribution in [3.8, 4) is 0 Å². The normalized spacial score (nSPS) is 24.3. The molecule has 21 heavy (non-hydrogen) atoms. The summed E-state index contributed by atoms with van der Waals surface area (Å²) in [6, 6.07) is 2.10. The molecule has 10 heteroatoms. The molecule has 1 aromatic heterocycles. The molecule has 3 heterocycles. The standard InChI is InChI=1S/C11H10N4O5S/c16-8(6-1-2-7(21-6)15(19)20)14-4-3-11(5-14)9(17)12-10(18)13-11/h1-2H,3-5H2,(H2,12,13,17,18). The molecule has 2 N–H and O–H groups in total. The van der Waals surface area contributed by atoms with Gasteiger partial charge in [0.1, 0.15) is 5.54 Å². The second-order valence-corrected chi connectivity index (χ2v) is 5.92. The van der Waals surface area contributed by atoms with E-state index in [2.05, 4.69) is 10.6 Å². The average Bonchev–Trinajstić information content (AvgIpc) is 3.10. The molecule has 2 aliphatic heterocycles. The number of nitrogens with one attached hydrogen (secondary N) is 2. The number of amides is 4. The molecule has 2 fully saturated rings. The first-order valence-corrected chi connectivity index (χ1v) is 6.90. The first-order chi connectivity index (χ1) is 9.91. The molecule has 3 rings (SSSR count). The van der Waals surface area contributed by atoms with Crippen molar-refractivity contribution in [3.05, 3.63) is 27.1 Å². The Balaban J connectivity index is 1.76. The summed E-state index contributed by atoms with van der Waals surface area (Å²) in [6.45, 7) is 0.368. The number of carbonyl (C=O) groups excluding carboxylic acids is 3. The van der Waals surface area contributed by atoms with Crippen LogP contribution < -0.4 is 10.6 Å². The second kappa shape index (κ2) is 4.52. The SMILES string of the molecule is O=C1NC(=O)C2(CCN(C(=O)c3ccc([N+](=O)[O-])s3)C2)N1. The number of urea groups is 1. The Labute approximate surface area is 122 Å². The summed E-state index contributed by atoms with van der Waals surface area (Å²) in [5.41, 5.74) is -1.07. The van der Waals surface area contributed by atoms with Crippen LogP contribution in [0.3, 0.4) is 0 Å². The van der Waals surface area contributed by atoms with E-state index in [1.54, 1.807) is 0 Å². The van der Waals surface area contributed by atoms with Gasteiger partial charge in [-0.2, -0.15) is 0 Å². The van der Waals surface area contributed by atoms with Crippen molar-refractivity contribution in [2.45, 2.75) is 12.0 Å². The van der Waals surface area contributed by atoms with Gasteiger partial charge in [-0.15, -0.1) is 0 Å². The summed E-state index contributed by atoms with van der Waals surface area (Å²) in [5.74, 6) is -0.820. The van der Waals surface area contributed by atoms with Crippen LogP contribution in [0, 0.1) is 10.1 Å². The monoisotopic (exact) mass is 310 g/mol. The first kappa shape index (κ1) is 13.5. The van der Waals surface area contributed by atoms with Gasteiger partial charge in [0.2, 0.25) is 0 Å². The lowest BCUT2D eigenvalue weighted by Crippen LogP contribution is -2.49. The molecular weight excluding hydrogens is 300 g/mol. The van der Waals surface area contributed by atoms with E-state index < -0.39 is 22.4 Å². The van der Waals surface area contributed by atoms with Crippen LogP contribution in [0.15, 0.2) is 12.1 Å². The van der Waals surface area contributed by atoms with E-state index in [0.29, 0.717) is 13.0 Å². The lowest BCUT2D eigenvalue weighted by atomic mass is 10.00. The van der Waals surface area contributed by atoms with Gasteiger partial charge in [0.25, 0.3) is 11.8 Å². The highest BCUT2D eigenvalue weighted by Gasteiger charge is 2.51. The zero-order valence-corrected chi connectivity index (χ0v) is 11.4. The van der Waals surface area contributed by atoms with Crippen LogP contribution in [0.4, 0.5) is 9.80 Å². The fourth-order valence-corrected chi connectivity index (χ4v) is 3.28. The number of thiophene rings is 1. The van der Waals surface area contributed by atoms with Crippen molar-refractivity contribution in [1.82, 2.24) is 15.5 Å². The lowest BCUT2D eigenvalue weighted by molar-refractivity contribution is -0.380. The lowest BCUT2D eigenvalue weighted by Gasteiger charge is -2.20. The van der Waals surface area contributed by atoms with Gasteiger partial charge in [-0.1, -0.05) is 11.3 Å². The summed E-state index contributed by atoms with van der Waals surface area (Å²) in [5, 5.41) is 15.2. The molecular formula is C11H10N4O5S. The Bertz CT molecular complexity index is 671. The Hall–Kier alpha value is -2.49. The van der Waals surface area contributed by atoms with Crippen LogP contribution in [0.25, 0.3) is 0 Å². The minimum Gasteiger partial charge on any atom is -0.335 e. The van der Waals surface area contributed by atoms with Crippen molar-refractivity contribution in [1.29, 1.82) is 0 Å². The Morgan fingerprint density at radius 1 is 1.43 bits per heavy atom. The predicted molar refractivity (Wildman–Crippen MR) is 70.9 cm³/mol. The van der Waals surface area contributed by atoms with Crippen LogP contribution in [-0.4, -0.2) is 46.3 Å². The minimum atomic E-state index is -1.07. The highest BCUT2D eigenvalue weighted by atomic mass is 32.1. The molecule has 2 aliphatic rings. The minimum absolute atomic E-state index is 0.0646. The average molecular weight is 310 g/mol. The maximum absolute atomic E-state index is 12.3. The van der Waals surface area contributed by atoms with Gasteiger partial charge in [0, 0.05) is 12.6 Å². The quantitative estimate of drug-likeness (QED) is 0.455. The van der Waals surface area contributed by atoms with Gasteiger partial charge in [-0.3, -0.25) is 25.0 Å². The third-order valence-electron chi connectivity index (χ3n) is 3.55. The van der Waals surface area contributed by atoms with E-state index >= 15 is 0 Å². The van der Waals surface area contributed by atoms with Crippen LogP contribution in [0.5, 0.6) is 0 Å². The van der Waals surface area contributed by atoms with E-state index in [1.807, 2.05) is 0 Å². The number of carbonyl (C=O) groups is 3. The third-order valence-corrected chi connectivity index (χ3v) is 4.58. The Morgan fingerprint density at radius 3 is 2.76 bits per heavy atom. The van der Waals surface area contributed by atoms with Crippen molar-refractivity contribution in [3.63, 3.8) is 0 Å². The van der Waals surface area contributed by atoms with Gasteiger partial charge in [0.15, 0.2) is 0 Å². The zero-order chi connectivity index (χ0) is 15.2. The van der Waals surface area contributed by atoms with Crippen LogP contribution in [-0.2, 0) is 4.79 Å². The molecule has 1 aromatic rings. The molecule has 9 nitrogen and oxygen atoms in total. The van der Waals surface area contributed by atoms with E-state index in [1.165, 1.54) is 17.0 Å². The van der Waals surface area contributed by atoms with E-state index in [4.69, 9.17) is 0 Å². The molecule has 110 valence electrons. The summed E-state index contributed by atoms with van der Waals surface area (Å²) < 4.78 is 0. The van der Waals surface area contributed by atoms with Gasteiger partial charge in [0.05, 0.1) is 16.3 Å². The molecule has 1 atom stereocenters. The molecule has 1 spiro atoms. The second-order valence-electron chi connectivity index (χ2n) is 4.86. The molecule has 0 saturated carbocycles. The van der Waals surface area contributed by atoms with Crippen LogP contribution in [0.1, 0.15) is 16.1 Å². The smallest absolute Gasteiger partial charge is 0.324 e. The Kier molecular flexibility index (Phi) is 2.90. The molecule has 0 aliphatic carbocycles. The number of nitro groups is 1. The van der Waals surface area contributed by atoms with Gasteiger partial charge in [-0.05, 0) is 12.5 Å². The van der Waals surface area contributed by atoms with Crippen molar-refractivity contribution in [2.24, 2.45) is 0 Å². The zero-order valence-electron chi connectivity index (χ0n) is 10.6. The van der Waals surface area contributed by atoms with Gasteiger partial charge < -0.3 is 10.2 Å². The van der Waals surface area contributed by atoms with E-state index in [-0.39, 0.29) is 22.3 Å². The number of imide groups is 1. The summed E-state index contributed by atoms with van der Waals surface area (Å²) in [6.07, 6.45) is 0.323. The number of hydrogen-bond donors (Lipinski definition) is 2. The van der Waals surface area contributed by atoms with E-state index in [0.717, 1.165) is 11.3 Å². The number of rotatable bonds is 2. The van der Waals surface area contributed by atoms with Crippen molar-refractivity contribution in [2.75, 3.05) is 13.1 Å². The number of nitrogens with zero attached hydrogens (tertiary/aromatic N) is 2. The maximum Gasteiger partial charge on any atom is 0.324 e. The summed E-state index contributed by atoms with van der Waals surface area (Å²) in [4.78, 5) is 47.0. The Morgan fingerprint density at radius 2 is 2.19 bits per heavy atom. The largest absolute Gasteiger partial charge is 0.335 e. The van der Waals surface area contributed by atoms with Crippen molar-refractivity contribution >= 4 is 34.2 Å². The molecule has 1 unspecified atom stereocenters. The van der Waals surface area contributed by atoms with Crippen LogP contribution >= 0.6 is 11.3 Å². The number of likely N-dealkylation sites (tertiary alicyclic amines) is 1. The highest BCUT2D eigenvalue weighted by Crippen LogP contribution is 2.29. The summed E-state index contributed by atoms with van der Waals surface area (Å²) >= 11 is 0.790. The molecule has 4 amide bonds. The fraction of sp³-hybridized carbons (Fsp3) is 0.364.